The molecule has 1 aromatic carbocycles. The number of hydrogen-bond acceptors (Lipinski definition) is 8. The second-order valence-corrected chi connectivity index (χ2v) is 7.71. The molecular formula is C24H20N8O2. The molecule has 4 aromatic heterocycles. The first kappa shape index (κ1) is 21.2. The molecule has 0 amide bonds. The van der Waals surface area contributed by atoms with Crippen molar-refractivity contribution in [1.29, 1.82) is 0 Å². The Kier molecular flexibility index (Phi) is 5.24. The highest BCUT2D eigenvalue weighted by Gasteiger charge is 2.20. The number of aryl methyl sites for hydroxylation is 2. The van der Waals surface area contributed by atoms with Crippen molar-refractivity contribution in [2.24, 2.45) is 0 Å². The second kappa shape index (κ2) is 8.38. The fourth-order valence-corrected chi connectivity index (χ4v) is 3.95. The number of hydrogen-bond donors (Lipinski definition) is 2. The number of fused-ring (bicyclic) bond motifs is 2. The molecule has 34 heavy (non-hydrogen) atoms. The summed E-state index contributed by atoms with van der Waals surface area (Å²) in [6, 6.07) is 9.39. The SMILES string of the molecule is Cc1ccccc1-n1c(Cn2nc(C#CCO)c3c(N)ncnc32)nc2nccc(C)c2c1=O. The Morgan fingerprint density at radius 2 is 1.88 bits per heavy atom. The molecule has 0 saturated heterocycles. The van der Waals surface area contributed by atoms with Crippen LogP contribution in [-0.2, 0) is 6.54 Å². The summed E-state index contributed by atoms with van der Waals surface area (Å²) in [5.41, 5.74) is 9.42. The van der Waals surface area contributed by atoms with E-state index >= 15 is 0 Å². The molecule has 0 atom stereocenters. The minimum absolute atomic E-state index is 0.100. The highest BCUT2D eigenvalue weighted by molar-refractivity contribution is 5.90. The number of anilines is 1. The maximum Gasteiger partial charge on any atom is 0.267 e. The third-order valence-corrected chi connectivity index (χ3v) is 5.54. The number of nitrogen functional groups attached to an aromatic ring is 1. The van der Waals surface area contributed by atoms with E-state index in [0.29, 0.717) is 39.3 Å². The van der Waals surface area contributed by atoms with Crippen molar-refractivity contribution in [1.82, 2.24) is 34.3 Å². The van der Waals surface area contributed by atoms with Gasteiger partial charge in [0.25, 0.3) is 5.56 Å². The number of nitrogens with zero attached hydrogens (tertiary/aromatic N) is 7. The molecule has 0 radical (unpaired) electrons. The normalized spacial score (nSPS) is 11.0. The van der Waals surface area contributed by atoms with Gasteiger partial charge in [-0.15, -0.1) is 0 Å². The lowest BCUT2D eigenvalue weighted by Crippen LogP contribution is -2.27. The van der Waals surface area contributed by atoms with E-state index in [9.17, 15) is 4.79 Å². The fourth-order valence-electron chi connectivity index (χ4n) is 3.95. The molecule has 5 rings (SSSR count). The average molecular weight is 452 g/mol. The number of rotatable bonds is 3. The fraction of sp³-hybridized carbons (Fsp3) is 0.167. The smallest absolute Gasteiger partial charge is 0.267 e. The number of aromatic nitrogens is 7. The van der Waals surface area contributed by atoms with Gasteiger partial charge in [-0.25, -0.2) is 24.6 Å². The summed E-state index contributed by atoms with van der Waals surface area (Å²) < 4.78 is 3.16. The molecule has 5 aromatic rings. The number of aliphatic hydroxyl groups is 1. The molecule has 3 N–H and O–H groups in total. The number of pyridine rings is 1. The van der Waals surface area contributed by atoms with E-state index in [4.69, 9.17) is 15.8 Å². The van der Waals surface area contributed by atoms with Crippen LogP contribution in [0.15, 0.2) is 47.7 Å². The van der Waals surface area contributed by atoms with Gasteiger partial charge in [-0.05, 0) is 43.0 Å². The summed E-state index contributed by atoms with van der Waals surface area (Å²) in [5.74, 6) is 6.02. The Bertz CT molecular complexity index is 1690. The third kappa shape index (κ3) is 3.44. The van der Waals surface area contributed by atoms with Crippen LogP contribution in [0.25, 0.3) is 27.8 Å². The highest BCUT2D eigenvalue weighted by Crippen LogP contribution is 2.23. The van der Waals surface area contributed by atoms with Crippen LogP contribution in [0.4, 0.5) is 5.82 Å². The molecule has 4 heterocycles. The van der Waals surface area contributed by atoms with Gasteiger partial charge in [0.15, 0.2) is 11.3 Å². The summed E-state index contributed by atoms with van der Waals surface area (Å²) in [6.07, 6.45) is 2.97. The van der Waals surface area contributed by atoms with E-state index in [1.807, 2.05) is 38.1 Å². The Balaban J connectivity index is 1.80. The van der Waals surface area contributed by atoms with Gasteiger partial charge in [0.05, 0.1) is 16.5 Å². The lowest BCUT2D eigenvalue weighted by atomic mass is 10.1. The topological polar surface area (TPSA) is 138 Å². The van der Waals surface area contributed by atoms with E-state index in [1.54, 1.807) is 21.5 Å². The number of para-hydroxylation sites is 1. The molecule has 0 spiro atoms. The zero-order valence-electron chi connectivity index (χ0n) is 18.5. The third-order valence-electron chi connectivity index (χ3n) is 5.54. The summed E-state index contributed by atoms with van der Waals surface area (Å²) in [7, 11) is 0. The summed E-state index contributed by atoms with van der Waals surface area (Å²) in [4.78, 5) is 31.2. The predicted molar refractivity (Wildman–Crippen MR) is 127 cm³/mol. The van der Waals surface area contributed by atoms with Crippen LogP contribution in [0.3, 0.4) is 0 Å². The van der Waals surface area contributed by atoms with E-state index < -0.39 is 0 Å². The van der Waals surface area contributed by atoms with Crippen molar-refractivity contribution >= 4 is 27.9 Å². The summed E-state index contributed by atoms with van der Waals surface area (Å²) in [5, 5.41) is 14.6. The van der Waals surface area contributed by atoms with Crippen molar-refractivity contribution in [3.8, 4) is 17.5 Å². The first-order valence-corrected chi connectivity index (χ1v) is 10.5. The second-order valence-electron chi connectivity index (χ2n) is 7.71. The van der Waals surface area contributed by atoms with E-state index in [-0.39, 0.29) is 24.5 Å². The van der Waals surface area contributed by atoms with Gasteiger partial charge in [0, 0.05) is 6.20 Å². The quantitative estimate of drug-likeness (QED) is 0.393. The Morgan fingerprint density at radius 3 is 2.68 bits per heavy atom. The largest absolute Gasteiger partial charge is 0.384 e. The molecule has 168 valence electrons. The van der Waals surface area contributed by atoms with Crippen LogP contribution in [-0.4, -0.2) is 46.0 Å². The van der Waals surface area contributed by atoms with Crippen LogP contribution >= 0.6 is 0 Å². The Labute approximate surface area is 193 Å². The molecule has 0 aliphatic heterocycles. The highest BCUT2D eigenvalue weighted by atomic mass is 16.2. The maximum absolute atomic E-state index is 13.7. The van der Waals surface area contributed by atoms with Gasteiger partial charge >= 0.3 is 0 Å². The molecule has 0 bridgehead atoms. The number of aliphatic hydroxyl groups excluding tert-OH is 1. The van der Waals surface area contributed by atoms with Crippen LogP contribution < -0.4 is 11.3 Å². The number of benzene rings is 1. The standard InChI is InChI=1S/C24H20N8O2/c1-14-6-3-4-8-17(14)32-18(29-22-19(24(32)34)15(2)9-10-26-22)12-31-23-20(21(25)27-13-28-23)16(30-31)7-5-11-33/h3-4,6,8-10,13,33H,11-12H2,1-2H3,(H2,25,27,28). The minimum Gasteiger partial charge on any atom is -0.384 e. The van der Waals surface area contributed by atoms with Crippen molar-refractivity contribution in [3.63, 3.8) is 0 Å². The summed E-state index contributed by atoms with van der Waals surface area (Å²) in [6.45, 7) is 3.57. The van der Waals surface area contributed by atoms with Gasteiger partial charge in [0.1, 0.15) is 36.8 Å². The molecule has 0 aliphatic rings. The predicted octanol–water partition coefficient (Wildman–Crippen LogP) is 1.51. The molecular weight excluding hydrogens is 432 g/mol. The van der Waals surface area contributed by atoms with Gasteiger partial charge in [-0.2, -0.15) is 5.10 Å². The zero-order valence-corrected chi connectivity index (χ0v) is 18.5. The van der Waals surface area contributed by atoms with E-state index in [1.165, 1.54) is 6.33 Å². The lowest BCUT2D eigenvalue weighted by Gasteiger charge is -2.16. The van der Waals surface area contributed by atoms with Crippen LogP contribution in [0, 0.1) is 25.7 Å². The Morgan fingerprint density at radius 1 is 1.06 bits per heavy atom. The van der Waals surface area contributed by atoms with Gasteiger partial charge < -0.3 is 10.8 Å². The van der Waals surface area contributed by atoms with Gasteiger partial charge in [0.2, 0.25) is 0 Å². The Hall–Kier alpha value is -4.62. The van der Waals surface area contributed by atoms with Gasteiger partial charge in [-0.3, -0.25) is 9.36 Å². The molecule has 0 aliphatic carbocycles. The van der Waals surface area contributed by atoms with E-state index in [2.05, 4.69) is 31.9 Å². The van der Waals surface area contributed by atoms with Crippen LogP contribution in [0.5, 0.6) is 0 Å². The average Bonchev–Trinajstić information content (AvgIpc) is 3.17. The lowest BCUT2D eigenvalue weighted by molar-refractivity contribution is 0.350. The zero-order chi connectivity index (χ0) is 23.8. The molecule has 10 nitrogen and oxygen atoms in total. The van der Waals surface area contributed by atoms with Crippen LogP contribution in [0.1, 0.15) is 22.6 Å². The van der Waals surface area contributed by atoms with Crippen molar-refractivity contribution in [2.75, 3.05) is 12.3 Å². The maximum atomic E-state index is 13.7. The van der Waals surface area contributed by atoms with Crippen LogP contribution in [0.2, 0.25) is 0 Å². The monoisotopic (exact) mass is 452 g/mol. The summed E-state index contributed by atoms with van der Waals surface area (Å²) >= 11 is 0. The van der Waals surface area contributed by atoms with Gasteiger partial charge in [-0.1, -0.05) is 24.1 Å². The van der Waals surface area contributed by atoms with Crippen molar-refractivity contribution in [2.45, 2.75) is 20.4 Å². The minimum atomic E-state index is -0.327. The number of nitrogens with two attached hydrogens (primary N) is 1. The molecule has 10 heteroatoms. The molecule has 0 saturated carbocycles. The van der Waals surface area contributed by atoms with Crippen molar-refractivity contribution in [3.05, 3.63) is 75.9 Å². The molecule has 0 unspecified atom stereocenters. The van der Waals surface area contributed by atoms with Crippen molar-refractivity contribution < 1.29 is 5.11 Å². The first-order chi connectivity index (χ1) is 16.5. The molecule has 0 fully saturated rings. The van der Waals surface area contributed by atoms with E-state index in [0.717, 1.165) is 11.1 Å². The first-order valence-electron chi connectivity index (χ1n) is 10.5.